The minimum Gasteiger partial charge on any atom is -0.449 e. The van der Waals surface area contributed by atoms with Gasteiger partial charge in [0.1, 0.15) is 6.61 Å². The van der Waals surface area contributed by atoms with Gasteiger partial charge in [-0.2, -0.15) is 0 Å². The molecule has 5 rings (SSSR count). The molecule has 8 nitrogen and oxygen atoms in total. The van der Waals surface area contributed by atoms with E-state index >= 15 is 0 Å². The largest absolute Gasteiger partial charge is 0.449 e. The molecule has 1 saturated heterocycles. The molecule has 1 aliphatic carbocycles. The molecule has 0 saturated carbocycles. The number of hydrogen-bond donors (Lipinski definition) is 2. The quantitative estimate of drug-likeness (QED) is 0.288. The predicted molar refractivity (Wildman–Crippen MR) is 137 cm³/mol. The van der Waals surface area contributed by atoms with Gasteiger partial charge in [0.15, 0.2) is 0 Å². The molecule has 0 aromatic heterocycles. The number of anilines is 1. The summed E-state index contributed by atoms with van der Waals surface area (Å²) in [5.41, 5.74) is 17.2. The van der Waals surface area contributed by atoms with Crippen molar-refractivity contribution in [2.75, 3.05) is 37.7 Å². The van der Waals surface area contributed by atoms with E-state index in [0.717, 1.165) is 43.0 Å². The molecular weight excluding hydrogens is 440 g/mol. The summed E-state index contributed by atoms with van der Waals surface area (Å²) in [6, 6.07) is 20.3. The average Bonchev–Trinajstić information content (AvgIpc) is 3.22. The summed E-state index contributed by atoms with van der Waals surface area (Å²) >= 11 is 0. The molecule has 0 atom stereocenters. The van der Waals surface area contributed by atoms with Crippen molar-refractivity contribution in [2.45, 2.75) is 19.4 Å². The first-order chi connectivity index (χ1) is 17.2. The van der Waals surface area contributed by atoms with Crippen LogP contribution in [0.1, 0.15) is 28.2 Å². The fraction of sp³-hybridized carbons (Fsp3) is 0.296. The molecule has 0 bridgehead atoms. The molecule has 1 fully saturated rings. The third-order valence-electron chi connectivity index (χ3n) is 6.86. The van der Waals surface area contributed by atoms with Crippen molar-refractivity contribution in [3.63, 3.8) is 0 Å². The molecule has 178 valence electrons. The summed E-state index contributed by atoms with van der Waals surface area (Å²) < 4.78 is 5.67. The topological polar surface area (TPSA) is 102 Å². The van der Waals surface area contributed by atoms with Gasteiger partial charge in [-0.15, -0.1) is 0 Å². The van der Waals surface area contributed by atoms with Crippen molar-refractivity contribution in [1.29, 1.82) is 0 Å². The van der Waals surface area contributed by atoms with Crippen LogP contribution in [0.5, 0.6) is 0 Å². The van der Waals surface area contributed by atoms with Crippen LogP contribution >= 0.6 is 0 Å². The lowest BCUT2D eigenvalue weighted by atomic mass is 9.98. The first-order valence-electron chi connectivity index (χ1n) is 11.9. The van der Waals surface area contributed by atoms with Crippen LogP contribution in [0.2, 0.25) is 0 Å². The zero-order chi connectivity index (χ0) is 24.2. The average molecular weight is 469 g/mol. The maximum absolute atomic E-state index is 12.7. The van der Waals surface area contributed by atoms with Crippen LogP contribution in [0.15, 0.2) is 65.8 Å². The van der Waals surface area contributed by atoms with Crippen LogP contribution in [0, 0.1) is 6.92 Å². The molecule has 3 aromatic rings. The van der Waals surface area contributed by atoms with Crippen LogP contribution < -0.4 is 15.5 Å². The molecule has 0 radical (unpaired) electrons. The van der Waals surface area contributed by atoms with Crippen molar-refractivity contribution in [3.05, 3.63) is 93.4 Å². The number of benzene rings is 3. The van der Waals surface area contributed by atoms with Crippen molar-refractivity contribution >= 4 is 17.5 Å². The molecule has 1 aliphatic heterocycles. The van der Waals surface area contributed by atoms with E-state index in [1.807, 2.05) is 43.3 Å². The normalized spacial score (nSPS) is 14.6. The molecule has 2 N–H and O–H groups in total. The number of nitrogens with one attached hydrogen (secondary N) is 2. The van der Waals surface area contributed by atoms with Crippen LogP contribution in [-0.4, -0.2) is 38.9 Å². The number of rotatable bonds is 6. The van der Waals surface area contributed by atoms with E-state index in [9.17, 15) is 4.79 Å². The van der Waals surface area contributed by atoms with E-state index in [0.29, 0.717) is 5.69 Å². The van der Waals surface area contributed by atoms with Gasteiger partial charge in [-0.3, -0.25) is 0 Å². The summed E-state index contributed by atoms with van der Waals surface area (Å²) in [4.78, 5) is 17.9. The Morgan fingerprint density at radius 1 is 1.11 bits per heavy atom. The maximum Gasteiger partial charge on any atom is 0.407 e. The highest BCUT2D eigenvalue weighted by molar-refractivity contribution is 5.79. The summed E-state index contributed by atoms with van der Waals surface area (Å²) in [6.45, 7) is 6.14. The minimum absolute atomic E-state index is 0.0162. The number of carbonyl (C=O) groups excluding carboxylic acids is 1. The van der Waals surface area contributed by atoms with Crippen molar-refractivity contribution in [1.82, 2.24) is 10.6 Å². The SMILES string of the molecule is Cc1c(CNC(=O)OCC2c3ccccc3-c3ccccc32)cc(N=[N+]=[N-])cc1N1CCNCC1. The molecule has 8 heteroatoms. The molecule has 35 heavy (non-hydrogen) atoms. The van der Waals surface area contributed by atoms with Gasteiger partial charge in [-0.05, 0) is 58.0 Å². The second-order valence-corrected chi connectivity index (χ2v) is 8.85. The third-order valence-corrected chi connectivity index (χ3v) is 6.86. The monoisotopic (exact) mass is 468 g/mol. The van der Waals surface area contributed by atoms with Gasteiger partial charge in [-0.1, -0.05) is 53.6 Å². The Morgan fingerprint density at radius 3 is 2.43 bits per heavy atom. The van der Waals surface area contributed by atoms with Crippen LogP contribution in [-0.2, 0) is 11.3 Å². The molecular formula is C27H28N6O2. The zero-order valence-electron chi connectivity index (χ0n) is 19.7. The Hall–Kier alpha value is -4.00. The molecule has 0 unspecified atom stereocenters. The third kappa shape index (κ3) is 4.67. The lowest BCUT2D eigenvalue weighted by Crippen LogP contribution is -2.43. The number of piperazine rings is 1. The molecule has 0 spiro atoms. The van der Waals surface area contributed by atoms with Gasteiger partial charge in [0.25, 0.3) is 0 Å². The van der Waals surface area contributed by atoms with E-state index < -0.39 is 6.09 Å². The number of ether oxygens (including phenoxy) is 1. The number of fused-ring (bicyclic) bond motifs is 3. The summed E-state index contributed by atoms with van der Waals surface area (Å²) in [6.07, 6.45) is -0.468. The molecule has 1 heterocycles. The van der Waals surface area contributed by atoms with Gasteiger partial charge >= 0.3 is 6.09 Å². The Kier molecular flexibility index (Phi) is 6.57. The Bertz CT molecular complexity index is 1250. The molecule has 1 amide bonds. The van der Waals surface area contributed by atoms with E-state index in [1.165, 1.54) is 22.3 Å². The second kappa shape index (κ2) is 10.1. The number of carbonyl (C=O) groups is 1. The van der Waals surface area contributed by atoms with Gasteiger partial charge in [0, 0.05) is 54.9 Å². The summed E-state index contributed by atoms with van der Waals surface area (Å²) in [5, 5.41) is 10.1. The van der Waals surface area contributed by atoms with Crippen LogP contribution in [0.4, 0.5) is 16.2 Å². The highest BCUT2D eigenvalue weighted by Gasteiger charge is 2.29. The number of alkyl carbamates (subject to hydrolysis) is 1. The highest BCUT2D eigenvalue weighted by atomic mass is 16.5. The van der Waals surface area contributed by atoms with Crippen LogP contribution in [0.25, 0.3) is 21.6 Å². The van der Waals surface area contributed by atoms with Gasteiger partial charge in [0.2, 0.25) is 0 Å². The molecule has 3 aromatic carbocycles. The van der Waals surface area contributed by atoms with E-state index in [1.54, 1.807) is 0 Å². The van der Waals surface area contributed by atoms with Crippen molar-refractivity contribution < 1.29 is 9.53 Å². The van der Waals surface area contributed by atoms with E-state index in [2.05, 4.69) is 49.8 Å². The van der Waals surface area contributed by atoms with Gasteiger partial charge in [0.05, 0.1) is 0 Å². The minimum atomic E-state index is -0.468. The fourth-order valence-corrected chi connectivity index (χ4v) is 5.09. The van der Waals surface area contributed by atoms with Crippen molar-refractivity contribution in [2.24, 2.45) is 5.11 Å². The Labute approximate surface area is 204 Å². The van der Waals surface area contributed by atoms with Crippen molar-refractivity contribution in [3.8, 4) is 11.1 Å². The van der Waals surface area contributed by atoms with Crippen LogP contribution in [0.3, 0.4) is 0 Å². The first kappa shape index (κ1) is 22.8. The smallest absolute Gasteiger partial charge is 0.407 e. The summed E-state index contributed by atoms with van der Waals surface area (Å²) in [7, 11) is 0. The maximum atomic E-state index is 12.7. The summed E-state index contributed by atoms with van der Waals surface area (Å²) in [5.74, 6) is 0.0162. The Balaban J connectivity index is 1.28. The lowest BCUT2D eigenvalue weighted by Gasteiger charge is -2.31. The zero-order valence-corrected chi connectivity index (χ0v) is 19.7. The number of azide groups is 1. The predicted octanol–water partition coefficient (Wildman–Crippen LogP) is 5.39. The number of hydrogen-bond acceptors (Lipinski definition) is 5. The lowest BCUT2D eigenvalue weighted by molar-refractivity contribution is 0.142. The first-order valence-corrected chi connectivity index (χ1v) is 11.9. The van der Waals surface area contributed by atoms with E-state index in [-0.39, 0.29) is 19.1 Å². The highest BCUT2D eigenvalue weighted by Crippen LogP contribution is 2.44. The second-order valence-electron chi connectivity index (χ2n) is 8.85. The Morgan fingerprint density at radius 2 is 1.77 bits per heavy atom. The standard InChI is InChI=1S/C27H28N6O2/c1-18-19(14-20(31-32-28)15-26(18)33-12-10-29-11-13-33)16-30-27(34)35-17-25-23-8-4-2-6-21(23)22-7-3-5-9-24(22)25/h2-9,14-15,25,29H,10-13,16-17H2,1H3,(H,30,34). The van der Waals surface area contributed by atoms with E-state index in [4.69, 9.17) is 10.3 Å². The molecule has 2 aliphatic rings. The number of amides is 1. The fourth-order valence-electron chi connectivity index (χ4n) is 5.09. The number of nitrogens with zero attached hydrogens (tertiary/aromatic N) is 4. The van der Waals surface area contributed by atoms with Gasteiger partial charge < -0.3 is 20.3 Å². The van der Waals surface area contributed by atoms with Gasteiger partial charge in [-0.25, -0.2) is 4.79 Å².